The molecule has 0 radical (unpaired) electrons. The number of benzene rings is 1. The van der Waals surface area contributed by atoms with Crippen molar-refractivity contribution in [1.82, 2.24) is 8.75 Å². The molecule has 0 fully saturated rings. The van der Waals surface area contributed by atoms with Crippen LogP contribution < -0.4 is 10.1 Å². The molecule has 98 valence electrons. The zero-order chi connectivity index (χ0) is 13.8. The first-order chi connectivity index (χ1) is 9.11. The van der Waals surface area contributed by atoms with Crippen LogP contribution >= 0.6 is 11.7 Å². The van der Waals surface area contributed by atoms with Crippen LogP contribution in [0.1, 0.15) is 20.8 Å². The van der Waals surface area contributed by atoms with E-state index in [2.05, 4.69) is 14.1 Å². The molecule has 0 saturated heterocycles. The van der Waals surface area contributed by atoms with Gasteiger partial charge in [0.05, 0.1) is 25.0 Å². The Labute approximate surface area is 112 Å². The molecule has 0 bridgehead atoms. The van der Waals surface area contributed by atoms with Gasteiger partial charge in [0.2, 0.25) is 0 Å². The molecule has 2 rings (SSSR count). The summed E-state index contributed by atoms with van der Waals surface area (Å²) in [6.45, 7) is 0. The minimum absolute atomic E-state index is 0.0239. The van der Waals surface area contributed by atoms with Gasteiger partial charge in [-0.15, -0.1) is 0 Å². The van der Waals surface area contributed by atoms with E-state index in [-0.39, 0.29) is 17.0 Å². The normalized spacial score (nSPS) is 9.95. The summed E-state index contributed by atoms with van der Waals surface area (Å²) >= 11 is 0.929. The number of amides is 1. The Balaban J connectivity index is 2.22. The summed E-state index contributed by atoms with van der Waals surface area (Å²) in [6.07, 6.45) is 1.35. The van der Waals surface area contributed by atoms with Crippen molar-refractivity contribution in [2.75, 3.05) is 12.4 Å². The van der Waals surface area contributed by atoms with Crippen molar-refractivity contribution in [3.8, 4) is 5.75 Å². The minimum Gasteiger partial charge on any atom is -0.496 e. The number of aromatic nitrogens is 2. The van der Waals surface area contributed by atoms with Gasteiger partial charge < -0.3 is 15.2 Å². The number of aromatic carboxylic acids is 1. The Morgan fingerprint density at radius 1 is 1.42 bits per heavy atom. The van der Waals surface area contributed by atoms with Gasteiger partial charge in [0.15, 0.2) is 5.69 Å². The molecule has 0 aliphatic heterocycles. The maximum Gasteiger partial charge on any atom is 0.339 e. The molecule has 0 aliphatic carbocycles. The smallest absolute Gasteiger partial charge is 0.339 e. The van der Waals surface area contributed by atoms with Crippen LogP contribution in [0.2, 0.25) is 0 Å². The molecule has 1 heterocycles. The van der Waals surface area contributed by atoms with Crippen molar-refractivity contribution in [3.05, 3.63) is 35.7 Å². The fraction of sp³-hybridized carbons (Fsp3) is 0.0909. The zero-order valence-electron chi connectivity index (χ0n) is 9.78. The molecular weight excluding hydrogens is 270 g/mol. The fourth-order valence-electron chi connectivity index (χ4n) is 1.41. The number of rotatable bonds is 4. The van der Waals surface area contributed by atoms with Crippen LogP contribution in [0.5, 0.6) is 5.75 Å². The van der Waals surface area contributed by atoms with Crippen molar-refractivity contribution in [1.29, 1.82) is 0 Å². The summed E-state index contributed by atoms with van der Waals surface area (Å²) in [6, 6.07) is 4.26. The lowest BCUT2D eigenvalue weighted by atomic mass is 10.2. The number of methoxy groups -OCH3 is 1. The van der Waals surface area contributed by atoms with Crippen LogP contribution in [0.25, 0.3) is 0 Å². The number of anilines is 1. The van der Waals surface area contributed by atoms with E-state index in [0.29, 0.717) is 5.69 Å². The Morgan fingerprint density at radius 2 is 2.21 bits per heavy atom. The average molecular weight is 279 g/mol. The SMILES string of the molecule is COc1cc(NC(=O)c2cnsn2)ccc1C(=O)O. The Kier molecular flexibility index (Phi) is 3.71. The summed E-state index contributed by atoms with van der Waals surface area (Å²) in [7, 11) is 1.36. The van der Waals surface area contributed by atoms with Crippen molar-refractivity contribution < 1.29 is 19.4 Å². The molecule has 1 aromatic carbocycles. The highest BCUT2D eigenvalue weighted by atomic mass is 32.1. The number of ether oxygens (including phenoxy) is 1. The molecule has 19 heavy (non-hydrogen) atoms. The molecule has 0 unspecified atom stereocenters. The third-order valence-corrected chi connectivity index (χ3v) is 2.76. The molecule has 0 saturated carbocycles. The predicted molar refractivity (Wildman–Crippen MR) is 67.8 cm³/mol. The Bertz CT molecular complexity index is 612. The van der Waals surface area contributed by atoms with Crippen molar-refractivity contribution in [3.63, 3.8) is 0 Å². The molecule has 0 aliphatic rings. The summed E-state index contributed by atoms with van der Waals surface area (Å²) in [5.41, 5.74) is 0.641. The maximum atomic E-state index is 11.7. The van der Waals surface area contributed by atoms with Gasteiger partial charge in [-0.2, -0.15) is 8.75 Å². The molecule has 1 amide bonds. The monoisotopic (exact) mass is 279 g/mol. The lowest BCUT2D eigenvalue weighted by molar-refractivity contribution is 0.0693. The van der Waals surface area contributed by atoms with Gasteiger partial charge in [-0.3, -0.25) is 4.79 Å². The second-order valence-electron chi connectivity index (χ2n) is 3.47. The minimum atomic E-state index is -1.10. The van der Waals surface area contributed by atoms with Gasteiger partial charge in [0, 0.05) is 11.8 Å². The van der Waals surface area contributed by atoms with Gasteiger partial charge in [0.1, 0.15) is 11.3 Å². The van der Waals surface area contributed by atoms with E-state index in [9.17, 15) is 9.59 Å². The number of nitrogens with zero attached hydrogens (tertiary/aromatic N) is 2. The van der Waals surface area contributed by atoms with Gasteiger partial charge in [0.25, 0.3) is 5.91 Å². The van der Waals surface area contributed by atoms with Gasteiger partial charge in [-0.25, -0.2) is 4.79 Å². The number of hydrogen-bond acceptors (Lipinski definition) is 6. The number of hydrogen-bond donors (Lipinski definition) is 2. The highest BCUT2D eigenvalue weighted by molar-refractivity contribution is 6.99. The first-order valence-corrected chi connectivity index (χ1v) is 5.85. The second-order valence-corrected chi connectivity index (χ2v) is 4.02. The lowest BCUT2D eigenvalue weighted by Crippen LogP contribution is -2.12. The molecule has 0 spiro atoms. The van der Waals surface area contributed by atoms with Crippen LogP contribution in [0, 0.1) is 0 Å². The third kappa shape index (κ3) is 2.86. The van der Waals surface area contributed by atoms with Crippen LogP contribution in [-0.2, 0) is 0 Å². The van der Waals surface area contributed by atoms with Crippen LogP contribution in [0.3, 0.4) is 0 Å². The molecule has 0 atom stereocenters. The van der Waals surface area contributed by atoms with E-state index >= 15 is 0 Å². The zero-order valence-corrected chi connectivity index (χ0v) is 10.6. The molecule has 8 heteroatoms. The van der Waals surface area contributed by atoms with Crippen molar-refractivity contribution in [2.24, 2.45) is 0 Å². The number of carbonyl (C=O) groups excluding carboxylic acids is 1. The summed E-state index contributed by atoms with van der Waals surface area (Å²) in [4.78, 5) is 22.6. The van der Waals surface area contributed by atoms with E-state index < -0.39 is 11.9 Å². The second kappa shape index (κ2) is 5.44. The topological polar surface area (TPSA) is 101 Å². The lowest BCUT2D eigenvalue weighted by Gasteiger charge is -2.08. The first kappa shape index (κ1) is 13.0. The summed E-state index contributed by atoms with van der Waals surface area (Å²) < 4.78 is 12.5. The Morgan fingerprint density at radius 3 is 2.79 bits per heavy atom. The van der Waals surface area contributed by atoms with Gasteiger partial charge in [-0.05, 0) is 12.1 Å². The largest absolute Gasteiger partial charge is 0.496 e. The summed E-state index contributed by atoms with van der Waals surface area (Å²) in [5, 5.41) is 11.5. The van der Waals surface area contributed by atoms with E-state index in [1.165, 1.54) is 31.5 Å². The van der Waals surface area contributed by atoms with E-state index in [1.807, 2.05) is 0 Å². The number of nitrogens with one attached hydrogen (secondary N) is 1. The highest BCUT2D eigenvalue weighted by Gasteiger charge is 2.13. The summed E-state index contributed by atoms with van der Waals surface area (Å²) in [5.74, 6) is -1.35. The quantitative estimate of drug-likeness (QED) is 0.879. The van der Waals surface area contributed by atoms with Gasteiger partial charge in [-0.1, -0.05) is 0 Å². The molecule has 2 N–H and O–H groups in total. The maximum absolute atomic E-state index is 11.7. The van der Waals surface area contributed by atoms with E-state index in [0.717, 1.165) is 11.7 Å². The highest BCUT2D eigenvalue weighted by Crippen LogP contribution is 2.23. The van der Waals surface area contributed by atoms with E-state index in [1.54, 1.807) is 0 Å². The standard InChI is InChI=1S/C11H9N3O4S/c1-18-9-4-6(2-3-7(9)11(16)17)13-10(15)8-5-12-19-14-8/h2-5H,1H3,(H,13,15)(H,16,17). The number of carbonyl (C=O) groups is 2. The molecule has 2 aromatic rings. The molecule has 1 aromatic heterocycles. The fourth-order valence-corrected chi connectivity index (χ4v) is 1.82. The number of carboxylic acids is 1. The number of carboxylic acid groups (broad SMARTS) is 1. The van der Waals surface area contributed by atoms with Crippen LogP contribution in [-0.4, -0.2) is 32.8 Å². The third-order valence-electron chi connectivity index (χ3n) is 2.28. The van der Waals surface area contributed by atoms with Gasteiger partial charge >= 0.3 is 5.97 Å². The van der Waals surface area contributed by atoms with E-state index in [4.69, 9.17) is 9.84 Å². The molecular formula is C11H9N3O4S. The predicted octanol–water partition coefficient (Wildman–Crippen LogP) is 1.50. The Hall–Kier alpha value is -2.48. The van der Waals surface area contributed by atoms with Crippen molar-refractivity contribution >= 4 is 29.3 Å². The molecule has 7 nitrogen and oxygen atoms in total. The average Bonchev–Trinajstić information content (AvgIpc) is 2.92. The van der Waals surface area contributed by atoms with Crippen molar-refractivity contribution in [2.45, 2.75) is 0 Å². The first-order valence-electron chi connectivity index (χ1n) is 5.12. The van der Waals surface area contributed by atoms with Crippen LogP contribution in [0.15, 0.2) is 24.4 Å². The van der Waals surface area contributed by atoms with Crippen LogP contribution in [0.4, 0.5) is 5.69 Å².